The van der Waals surface area contributed by atoms with Crippen LogP contribution in [0.15, 0.2) is 18.3 Å². The quantitative estimate of drug-likeness (QED) is 0.846. The molecule has 2 unspecified atom stereocenters. The topological polar surface area (TPSA) is 42.1 Å². The minimum atomic E-state index is 0.0609. The number of hydrogen-bond acceptors (Lipinski definition) is 4. The van der Waals surface area contributed by atoms with Crippen molar-refractivity contribution in [3.05, 3.63) is 23.9 Å². The zero-order valence-electron chi connectivity index (χ0n) is 11.2. The van der Waals surface area contributed by atoms with Crippen LogP contribution in [0.4, 0.5) is 5.82 Å². The summed E-state index contributed by atoms with van der Waals surface area (Å²) in [6.07, 6.45) is 5.11. The lowest BCUT2D eigenvalue weighted by molar-refractivity contribution is 0.664. The van der Waals surface area contributed by atoms with E-state index in [4.69, 9.17) is 5.73 Å². The van der Waals surface area contributed by atoms with E-state index in [0.29, 0.717) is 6.04 Å². The van der Waals surface area contributed by atoms with E-state index in [1.54, 1.807) is 0 Å². The van der Waals surface area contributed by atoms with Gasteiger partial charge in [0.05, 0.1) is 0 Å². The maximum Gasteiger partial charge on any atom is 0.128 e. The van der Waals surface area contributed by atoms with Crippen LogP contribution in [-0.2, 0) is 0 Å². The molecule has 0 fully saturated rings. The minimum absolute atomic E-state index is 0.0609. The van der Waals surface area contributed by atoms with Gasteiger partial charge in [0.2, 0.25) is 0 Å². The minimum Gasteiger partial charge on any atom is -0.356 e. The van der Waals surface area contributed by atoms with Crippen molar-refractivity contribution >= 4 is 17.6 Å². The van der Waals surface area contributed by atoms with E-state index in [-0.39, 0.29) is 6.04 Å². The lowest BCUT2D eigenvalue weighted by atomic mass is 10.1. The third kappa shape index (κ3) is 3.89. The summed E-state index contributed by atoms with van der Waals surface area (Å²) in [4.78, 5) is 6.69. The number of rotatable bonds is 6. The van der Waals surface area contributed by atoms with Crippen molar-refractivity contribution in [1.29, 1.82) is 0 Å². The zero-order valence-corrected chi connectivity index (χ0v) is 12.0. The molecule has 0 aromatic carbocycles. The van der Waals surface area contributed by atoms with Crippen LogP contribution in [0, 0.1) is 0 Å². The van der Waals surface area contributed by atoms with Crippen LogP contribution in [0.25, 0.3) is 0 Å². The number of hydrogen-bond donors (Lipinski definition) is 1. The fraction of sp³-hybridized carbons (Fsp3) is 0.615. The normalized spacial score (nSPS) is 14.4. The molecule has 96 valence electrons. The SMILES string of the molecule is CCC(CSC)N(C)c1cc(C(C)N)ccn1. The molecule has 0 saturated heterocycles. The number of nitrogens with two attached hydrogens (primary N) is 1. The van der Waals surface area contributed by atoms with E-state index >= 15 is 0 Å². The Kier molecular flexibility index (Phi) is 5.78. The number of thioether (sulfide) groups is 1. The molecule has 0 amide bonds. The smallest absolute Gasteiger partial charge is 0.128 e. The van der Waals surface area contributed by atoms with Crippen molar-refractivity contribution in [3.63, 3.8) is 0 Å². The van der Waals surface area contributed by atoms with Crippen molar-refractivity contribution in [2.24, 2.45) is 5.73 Å². The van der Waals surface area contributed by atoms with Crippen molar-refractivity contribution in [1.82, 2.24) is 4.98 Å². The first-order valence-electron chi connectivity index (χ1n) is 6.03. The van der Waals surface area contributed by atoms with Crippen molar-refractivity contribution in [2.75, 3.05) is 24.0 Å². The highest BCUT2D eigenvalue weighted by Crippen LogP contribution is 2.19. The molecule has 17 heavy (non-hydrogen) atoms. The first-order valence-corrected chi connectivity index (χ1v) is 7.42. The van der Waals surface area contributed by atoms with Gasteiger partial charge >= 0.3 is 0 Å². The summed E-state index contributed by atoms with van der Waals surface area (Å²) in [6.45, 7) is 4.21. The van der Waals surface area contributed by atoms with Gasteiger partial charge < -0.3 is 10.6 Å². The molecule has 0 spiro atoms. The first kappa shape index (κ1) is 14.3. The second kappa shape index (κ2) is 6.87. The van der Waals surface area contributed by atoms with E-state index < -0.39 is 0 Å². The molecule has 2 N–H and O–H groups in total. The Bertz CT molecular complexity index is 341. The molecule has 0 saturated carbocycles. The summed E-state index contributed by atoms with van der Waals surface area (Å²) < 4.78 is 0. The zero-order chi connectivity index (χ0) is 12.8. The highest BCUT2D eigenvalue weighted by molar-refractivity contribution is 7.98. The molecule has 1 rings (SSSR count). The Morgan fingerprint density at radius 1 is 1.53 bits per heavy atom. The molecule has 4 heteroatoms. The Balaban J connectivity index is 2.86. The second-order valence-electron chi connectivity index (χ2n) is 4.36. The van der Waals surface area contributed by atoms with Gasteiger partial charge in [0.15, 0.2) is 0 Å². The molecule has 0 aliphatic heterocycles. The Morgan fingerprint density at radius 2 is 2.24 bits per heavy atom. The largest absolute Gasteiger partial charge is 0.356 e. The van der Waals surface area contributed by atoms with Crippen molar-refractivity contribution in [3.8, 4) is 0 Å². The maximum atomic E-state index is 5.90. The van der Waals surface area contributed by atoms with Gasteiger partial charge in [0.25, 0.3) is 0 Å². The predicted molar refractivity (Wildman–Crippen MR) is 77.7 cm³/mol. The molecule has 0 aliphatic rings. The highest BCUT2D eigenvalue weighted by Gasteiger charge is 2.14. The van der Waals surface area contributed by atoms with E-state index in [0.717, 1.165) is 23.6 Å². The van der Waals surface area contributed by atoms with Gasteiger partial charge in [0.1, 0.15) is 5.82 Å². The monoisotopic (exact) mass is 253 g/mol. The van der Waals surface area contributed by atoms with Gasteiger partial charge in [-0.2, -0.15) is 11.8 Å². The van der Waals surface area contributed by atoms with Gasteiger partial charge in [-0.15, -0.1) is 0 Å². The van der Waals surface area contributed by atoms with Gasteiger partial charge in [0, 0.05) is 31.1 Å². The van der Waals surface area contributed by atoms with Crippen LogP contribution < -0.4 is 10.6 Å². The van der Waals surface area contributed by atoms with Crippen LogP contribution >= 0.6 is 11.8 Å². The summed E-state index contributed by atoms with van der Waals surface area (Å²) in [6, 6.07) is 4.66. The van der Waals surface area contributed by atoms with Gasteiger partial charge in [-0.3, -0.25) is 0 Å². The fourth-order valence-corrected chi connectivity index (χ4v) is 2.64. The van der Waals surface area contributed by atoms with E-state index in [2.05, 4.69) is 36.2 Å². The summed E-state index contributed by atoms with van der Waals surface area (Å²) in [5, 5.41) is 0. The summed E-state index contributed by atoms with van der Waals surface area (Å²) in [5.74, 6) is 2.14. The molecular formula is C13H23N3S. The van der Waals surface area contributed by atoms with Crippen LogP contribution in [-0.4, -0.2) is 30.1 Å². The van der Waals surface area contributed by atoms with Crippen LogP contribution in [0.2, 0.25) is 0 Å². The molecule has 1 heterocycles. The number of nitrogens with zero attached hydrogens (tertiary/aromatic N) is 2. The Hall–Kier alpha value is -0.740. The summed E-state index contributed by atoms with van der Waals surface area (Å²) in [7, 11) is 2.11. The lowest BCUT2D eigenvalue weighted by Crippen LogP contribution is -2.33. The summed E-state index contributed by atoms with van der Waals surface area (Å²) >= 11 is 1.87. The lowest BCUT2D eigenvalue weighted by Gasteiger charge is -2.28. The highest BCUT2D eigenvalue weighted by atomic mass is 32.2. The number of pyridine rings is 1. The maximum absolute atomic E-state index is 5.90. The van der Waals surface area contributed by atoms with Crippen LogP contribution in [0.1, 0.15) is 31.9 Å². The molecule has 0 radical (unpaired) electrons. The average Bonchev–Trinajstić information content (AvgIpc) is 2.35. The number of anilines is 1. The molecule has 2 atom stereocenters. The van der Waals surface area contributed by atoms with Crippen LogP contribution in [0.3, 0.4) is 0 Å². The first-order chi connectivity index (χ1) is 8.10. The molecule has 3 nitrogen and oxygen atoms in total. The van der Waals surface area contributed by atoms with Crippen molar-refractivity contribution in [2.45, 2.75) is 32.4 Å². The molecular weight excluding hydrogens is 230 g/mol. The van der Waals surface area contributed by atoms with Gasteiger partial charge in [-0.25, -0.2) is 4.98 Å². The summed E-state index contributed by atoms with van der Waals surface area (Å²) in [5.41, 5.74) is 7.04. The predicted octanol–water partition coefficient (Wildman–Crippen LogP) is 2.68. The second-order valence-corrected chi connectivity index (χ2v) is 5.28. The third-order valence-electron chi connectivity index (χ3n) is 3.03. The van der Waals surface area contributed by atoms with Gasteiger partial charge in [-0.1, -0.05) is 6.92 Å². The average molecular weight is 253 g/mol. The third-order valence-corrected chi connectivity index (χ3v) is 3.75. The van der Waals surface area contributed by atoms with E-state index in [1.165, 1.54) is 0 Å². The Labute approximate surface area is 109 Å². The standard InChI is InChI=1S/C13H23N3S/c1-5-12(9-17-4)16(3)13-8-11(10(2)14)6-7-15-13/h6-8,10,12H,5,9,14H2,1-4H3. The van der Waals surface area contributed by atoms with Crippen molar-refractivity contribution < 1.29 is 0 Å². The molecule has 0 aliphatic carbocycles. The molecule has 1 aromatic heterocycles. The van der Waals surface area contributed by atoms with Gasteiger partial charge in [-0.05, 0) is 37.3 Å². The van der Waals surface area contributed by atoms with E-state index in [1.807, 2.05) is 30.9 Å². The van der Waals surface area contributed by atoms with E-state index in [9.17, 15) is 0 Å². The molecule has 0 bridgehead atoms. The van der Waals surface area contributed by atoms with Crippen LogP contribution in [0.5, 0.6) is 0 Å². The Morgan fingerprint density at radius 3 is 2.76 bits per heavy atom. The number of aromatic nitrogens is 1. The molecule has 1 aromatic rings. The fourth-order valence-electron chi connectivity index (χ4n) is 1.79.